The summed E-state index contributed by atoms with van der Waals surface area (Å²) in [7, 11) is 0. The number of hydrogen-bond donors (Lipinski definition) is 2. The average molecular weight is 276 g/mol. The van der Waals surface area contributed by atoms with E-state index in [9.17, 15) is 5.11 Å². The van der Waals surface area contributed by atoms with Crippen molar-refractivity contribution in [1.29, 1.82) is 0 Å². The Kier molecular flexibility index (Phi) is 4.71. The maximum Gasteiger partial charge on any atom is 0.0917 e. The first kappa shape index (κ1) is 15.3. The van der Waals surface area contributed by atoms with Crippen LogP contribution in [0.2, 0.25) is 0 Å². The molecule has 0 bridgehead atoms. The Balaban J connectivity index is 2.11. The molecule has 1 aromatic rings. The summed E-state index contributed by atoms with van der Waals surface area (Å²) in [5.74, 6) is 0. The quantitative estimate of drug-likeness (QED) is 0.867. The standard InChI is InChI=1S/C17H28N2O/c1-13(2)18-11-17(4,20)12-19-14(3)9-10-15-7-5-6-8-16(15)19/h5-8,13-14,18,20H,9-12H2,1-4H3. The first-order chi connectivity index (χ1) is 9.39. The summed E-state index contributed by atoms with van der Waals surface area (Å²) in [4.78, 5) is 2.36. The maximum atomic E-state index is 10.7. The van der Waals surface area contributed by atoms with Crippen molar-refractivity contribution in [3.05, 3.63) is 29.8 Å². The van der Waals surface area contributed by atoms with Crippen LogP contribution < -0.4 is 10.2 Å². The van der Waals surface area contributed by atoms with E-state index in [0.717, 1.165) is 12.8 Å². The van der Waals surface area contributed by atoms with E-state index in [1.165, 1.54) is 11.3 Å². The number of rotatable bonds is 5. The number of nitrogens with zero attached hydrogens (tertiary/aromatic N) is 1. The Hall–Kier alpha value is -1.06. The van der Waals surface area contributed by atoms with E-state index in [2.05, 4.69) is 55.3 Å². The van der Waals surface area contributed by atoms with Gasteiger partial charge in [0.15, 0.2) is 0 Å². The zero-order valence-electron chi connectivity index (χ0n) is 13.2. The molecule has 3 heteroatoms. The molecule has 0 fully saturated rings. The van der Waals surface area contributed by atoms with E-state index in [4.69, 9.17) is 0 Å². The zero-order valence-corrected chi connectivity index (χ0v) is 13.2. The van der Waals surface area contributed by atoms with E-state index in [0.29, 0.717) is 25.2 Å². The molecule has 2 unspecified atom stereocenters. The fraction of sp³-hybridized carbons (Fsp3) is 0.647. The van der Waals surface area contributed by atoms with E-state index in [1.807, 2.05) is 6.92 Å². The van der Waals surface area contributed by atoms with E-state index >= 15 is 0 Å². The molecular weight excluding hydrogens is 248 g/mol. The van der Waals surface area contributed by atoms with Gasteiger partial charge >= 0.3 is 0 Å². The predicted molar refractivity (Wildman–Crippen MR) is 85.3 cm³/mol. The minimum Gasteiger partial charge on any atom is -0.387 e. The van der Waals surface area contributed by atoms with Crippen LogP contribution in [-0.4, -0.2) is 35.9 Å². The highest BCUT2D eigenvalue weighted by Gasteiger charge is 2.30. The molecule has 1 heterocycles. The fourth-order valence-electron chi connectivity index (χ4n) is 2.85. The van der Waals surface area contributed by atoms with Gasteiger partial charge in [-0.15, -0.1) is 0 Å². The molecule has 0 aromatic heterocycles. The number of fused-ring (bicyclic) bond motifs is 1. The highest BCUT2D eigenvalue weighted by atomic mass is 16.3. The van der Waals surface area contributed by atoms with Crippen molar-refractivity contribution in [1.82, 2.24) is 5.32 Å². The highest BCUT2D eigenvalue weighted by molar-refractivity contribution is 5.56. The SMILES string of the molecule is CC(C)NCC(C)(O)CN1c2ccccc2CCC1C. The van der Waals surface area contributed by atoms with Crippen LogP contribution in [-0.2, 0) is 6.42 Å². The lowest BCUT2D eigenvalue weighted by molar-refractivity contribution is 0.0623. The first-order valence-corrected chi connectivity index (χ1v) is 7.69. The molecule has 0 radical (unpaired) electrons. The normalized spacial score (nSPS) is 21.7. The number of aryl methyl sites for hydroxylation is 1. The molecule has 2 atom stereocenters. The summed E-state index contributed by atoms with van der Waals surface area (Å²) in [6.45, 7) is 9.68. The van der Waals surface area contributed by atoms with Gasteiger partial charge in [0, 0.05) is 30.9 Å². The number of benzene rings is 1. The number of para-hydroxylation sites is 1. The molecule has 0 saturated carbocycles. The van der Waals surface area contributed by atoms with Gasteiger partial charge in [-0.1, -0.05) is 32.0 Å². The fourth-order valence-corrected chi connectivity index (χ4v) is 2.85. The van der Waals surface area contributed by atoms with Crippen molar-refractivity contribution >= 4 is 5.69 Å². The minimum absolute atomic E-state index is 0.396. The van der Waals surface area contributed by atoms with E-state index < -0.39 is 5.60 Å². The molecule has 1 aliphatic rings. The number of β-amino-alcohol motifs (C(OH)–C–C–N with tert-alkyl or cyclic N) is 1. The second-order valence-corrected chi connectivity index (χ2v) is 6.68. The summed E-state index contributed by atoms with van der Waals surface area (Å²) >= 11 is 0. The smallest absolute Gasteiger partial charge is 0.0917 e. The summed E-state index contributed by atoms with van der Waals surface area (Å²) in [6.07, 6.45) is 2.30. The minimum atomic E-state index is -0.719. The lowest BCUT2D eigenvalue weighted by atomic mass is 9.94. The van der Waals surface area contributed by atoms with Gasteiger partial charge < -0.3 is 15.3 Å². The van der Waals surface area contributed by atoms with Crippen molar-refractivity contribution in [2.45, 2.75) is 58.2 Å². The van der Waals surface area contributed by atoms with Crippen molar-refractivity contribution in [3.63, 3.8) is 0 Å². The zero-order chi connectivity index (χ0) is 14.8. The Bertz CT molecular complexity index is 442. The number of aliphatic hydroxyl groups is 1. The van der Waals surface area contributed by atoms with Gasteiger partial charge in [-0.2, -0.15) is 0 Å². The molecule has 112 valence electrons. The van der Waals surface area contributed by atoms with Gasteiger partial charge in [-0.05, 0) is 38.3 Å². The molecule has 0 amide bonds. The van der Waals surface area contributed by atoms with Gasteiger partial charge in [-0.25, -0.2) is 0 Å². The molecule has 2 rings (SSSR count). The third kappa shape index (κ3) is 3.74. The Labute approximate surface area is 123 Å². The molecule has 0 spiro atoms. The predicted octanol–water partition coefficient (Wildman–Crippen LogP) is 2.58. The van der Waals surface area contributed by atoms with Gasteiger partial charge in [0.05, 0.1) is 5.60 Å². The molecule has 20 heavy (non-hydrogen) atoms. The largest absolute Gasteiger partial charge is 0.387 e. The summed E-state index contributed by atoms with van der Waals surface area (Å²) in [5.41, 5.74) is 1.97. The second kappa shape index (κ2) is 6.15. The van der Waals surface area contributed by atoms with E-state index in [-0.39, 0.29) is 0 Å². The van der Waals surface area contributed by atoms with Crippen molar-refractivity contribution in [2.75, 3.05) is 18.0 Å². The summed E-state index contributed by atoms with van der Waals surface area (Å²) < 4.78 is 0. The number of anilines is 1. The molecule has 1 aliphatic heterocycles. The summed E-state index contributed by atoms with van der Waals surface area (Å²) in [6, 6.07) is 9.45. The van der Waals surface area contributed by atoms with Crippen molar-refractivity contribution in [2.24, 2.45) is 0 Å². The highest BCUT2D eigenvalue weighted by Crippen LogP contribution is 2.31. The molecule has 0 saturated heterocycles. The van der Waals surface area contributed by atoms with Crippen LogP contribution in [0.4, 0.5) is 5.69 Å². The summed E-state index contributed by atoms with van der Waals surface area (Å²) in [5, 5.41) is 14.0. The van der Waals surface area contributed by atoms with Gasteiger partial charge in [-0.3, -0.25) is 0 Å². The van der Waals surface area contributed by atoms with Crippen LogP contribution in [0, 0.1) is 0 Å². The van der Waals surface area contributed by atoms with Crippen LogP contribution in [0.25, 0.3) is 0 Å². The Morgan fingerprint density at radius 3 is 2.80 bits per heavy atom. The Morgan fingerprint density at radius 1 is 1.40 bits per heavy atom. The average Bonchev–Trinajstić information content (AvgIpc) is 2.40. The topological polar surface area (TPSA) is 35.5 Å². The molecular formula is C17H28N2O. The van der Waals surface area contributed by atoms with E-state index in [1.54, 1.807) is 0 Å². The maximum absolute atomic E-state index is 10.7. The van der Waals surface area contributed by atoms with Crippen LogP contribution in [0.3, 0.4) is 0 Å². The van der Waals surface area contributed by atoms with Crippen molar-refractivity contribution < 1.29 is 5.11 Å². The third-order valence-corrected chi connectivity index (χ3v) is 4.07. The lowest BCUT2D eigenvalue weighted by Gasteiger charge is -2.41. The monoisotopic (exact) mass is 276 g/mol. The third-order valence-electron chi connectivity index (χ3n) is 4.07. The van der Waals surface area contributed by atoms with Crippen LogP contribution >= 0.6 is 0 Å². The lowest BCUT2D eigenvalue weighted by Crippen LogP contribution is -2.52. The van der Waals surface area contributed by atoms with Crippen LogP contribution in [0.15, 0.2) is 24.3 Å². The number of nitrogens with one attached hydrogen (secondary N) is 1. The van der Waals surface area contributed by atoms with Gasteiger partial charge in [0.2, 0.25) is 0 Å². The first-order valence-electron chi connectivity index (χ1n) is 7.69. The Morgan fingerprint density at radius 2 is 2.10 bits per heavy atom. The van der Waals surface area contributed by atoms with Gasteiger partial charge in [0.1, 0.15) is 0 Å². The van der Waals surface area contributed by atoms with Crippen molar-refractivity contribution in [3.8, 4) is 0 Å². The molecule has 3 nitrogen and oxygen atoms in total. The molecule has 2 N–H and O–H groups in total. The molecule has 1 aromatic carbocycles. The van der Waals surface area contributed by atoms with Crippen LogP contribution in [0.5, 0.6) is 0 Å². The van der Waals surface area contributed by atoms with Crippen LogP contribution in [0.1, 0.15) is 39.7 Å². The van der Waals surface area contributed by atoms with Gasteiger partial charge in [0.25, 0.3) is 0 Å². The number of hydrogen-bond acceptors (Lipinski definition) is 3. The molecule has 0 aliphatic carbocycles. The second-order valence-electron chi connectivity index (χ2n) is 6.68.